The number of fused-ring (bicyclic) bond motifs is 1. The number of benzene rings is 1. The average Bonchev–Trinajstić information content (AvgIpc) is 2.41. The first-order valence-corrected chi connectivity index (χ1v) is 5.50. The Morgan fingerprint density at radius 2 is 2.14 bits per heavy atom. The van der Waals surface area contributed by atoms with Crippen LogP contribution in [0, 0.1) is 6.92 Å². The zero-order valence-electron chi connectivity index (χ0n) is 8.33. The van der Waals surface area contributed by atoms with E-state index in [0.29, 0.717) is 5.58 Å². The van der Waals surface area contributed by atoms with E-state index in [-0.39, 0.29) is 5.76 Å². The molecule has 0 radical (unpaired) electrons. The minimum Gasteiger partial charge on any atom is -0.408 e. The van der Waals surface area contributed by atoms with E-state index in [4.69, 9.17) is 4.42 Å². The molecule has 0 aliphatic heterocycles. The molecule has 14 heavy (non-hydrogen) atoms. The highest BCUT2D eigenvalue weighted by molar-refractivity contribution is 7.98. The molecule has 3 nitrogen and oxygen atoms in total. The van der Waals surface area contributed by atoms with Crippen molar-refractivity contribution in [3.05, 3.63) is 28.2 Å². The van der Waals surface area contributed by atoms with Crippen molar-refractivity contribution in [1.29, 1.82) is 0 Å². The average molecular weight is 209 g/mol. The summed E-state index contributed by atoms with van der Waals surface area (Å²) in [6.45, 7) is 2.01. The van der Waals surface area contributed by atoms with Gasteiger partial charge in [0.2, 0.25) is 0 Å². The lowest BCUT2D eigenvalue weighted by Crippen LogP contribution is -2.08. The third-order valence-electron chi connectivity index (χ3n) is 2.31. The summed E-state index contributed by atoms with van der Waals surface area (Å²) >= 11 is 1.67. The van der Waals surface area contributed by atoms with Gasteiger partial charge >= 0.3 is 5.76 Å². The molecule has 0 N–H and O–H groups in total. The zero-order valence-corrected chi connectivity index (χ0v) is 9.14. The highest BCUT2D eigenvalue weighted by atomic mass is 32.2. The smallest absolute Gasteiger partial charge is 0.408 e. The number of aromatic nitrogens is 1. The van der Waals surface area contributed by atoms with Crippen LogP contribution in [0.3, 0.4) is 0 Å². The van der Waals surface area contributed by atoms with E-state index >= 15 is 0 Å². The molecule has 1 aromatic heterocycles. The summed E-state index contributed by atoms with van der Waals surface area (Å²) in [6.07, 6.45) is 2.02. The Bertz CT molecular complexity index is 539. The highest BCUT2D eigenvalue weighted by Gasteiger charge is 2.08. The summed E-state index contributed by atoms with van der Waals surface area (Å²) in [6, 6.07) is 3.89. The van der Waals surface area contributed by atoms with Crippen LogP contribution >= 0.6 is 11.8 Å². The molecule has 0 aliphatic rings. The Hall–Kier alpha value is -1.16. The molecule has 0 amide bonds. The molecular formula is C10H11NO2S. The van der Waals surface area contributed by atoms with Crippen molar-refractivity contribution < 1.29 is 4.42 Å². The summed E-state index contributed by atoms with van der Waals surface area (Å²) in [5.74, 6) is -0.308. The number of rotatable bonds is 1. The molecular weight excluding hydrogens is 198 g/mol. The topological polar surface area (TPSA) is 35.1 Å². The SMILES string of the molecule is CSc1cc2c(cc1C)oc(=O)n2C. The van der Waals surface area contributed by atoms with E-state index in [9.17, 15) is 4.79 Å². The van der Waals surface area contributed by atoms with Crippen molar-refractivity contribution in [3.63, 3.8) is 0 Å². The number of thioether (sulfide) groups is 1. The molecule has 2 rings (SSSR count). The van der Waals surface area contributed by atoms with Crippen LogP contribution in [0.1, 0.15) is 5.56 Å². The van der Waals surface area contributed by atoms with Crippen LogP contribution < -0.4 is 5.76 Å². The van der Waals surface area contributed by atoms with Gasteiger partial charge in [-0.25, -0.2) is 4.79 Å². The monoisotopic (exact) mass is 209 g/mol. The van der Waals surface area contributed by atoms with E-state index < -0.39 is 0 Å². The van der Waals surface area contributed by atoms with Crippen LogP contribution in [0.25, 0.3) is 11.1 Å². The van der Waals surface area contributed by atoms with Gasteiger partial charge in [0.25, 0.3) is 0 Å². The van der Waals surface area contributed by atoms with Crippen molar-refractivity contribution in [1.82, 2.24) is 4.57 Å². The largest absolute Gasteiger partial charge is 0.419 e. The Morgan fingerprint density at radius 1 is 1.43 bits per heavy atom. The summed E-state index contributed by atoms with van der Waals surface area (Å²) in [5.41, 5.74) is 2.65. The fourth-order valence-corrected chi connectivity index (χ4v) is 2.09. The number of oxazole rings is 1. The molecule has 0 atom stereocenters. The fraction of sp³-hybridized carbons (Fsp3) is 0.300. The first-order valence-electron chi connectivity index (χ1n) is 4.27. The van der Waals surface area contributed by atoms with Crippen LogP contribution in [0.15, 0.2) is 26.2 Å². The van der Waals surface area contributed by atoms with Crippen LogP contribution in [0.2, 0.25) is 0 Å². The minimum atomic E-state index is -0.308. The number of nitrogens with zero attached hydrogens (tertiary/aromatic N) is 1. The van der Waals surface area contributed by atoms with Gasteiger partial charge in [-0.15, -0.1) is 11.8 Å². The van der Waals surface area contributed by atoms with Crippen molar-refractivity contribution in [3.8, 4) is 0 Å². The number of hydrogen-bond donors (Lipinski definition) is 0. The first-order chi connectivity index (χ1) is 6.63. The first kappa shape index (κ1) is 9.40. The van der Waals surface area contributed by atoms with Crippen molar-refractivity contribution in [2.45, 2.75) is 11.8 Å². The van der Waals surface area contributed by atoms with Crippen molar-refractivity contribution in [2.75, 3.05) is 6.26 Å². The van der Waals surface area contributed by atoms with Crippen LogP contribution in [-0.2, 0) is 7.05 Å². The molecule has 2 aromatic rings. The highest BCUT2D eigenvalue weighted by Crippen LogP contribution is 2.25. The Kier molecular flexibility index (Phi) is 2.15. The Labute approximate surface area is 85.7 Å². The summed E-state index contributed by atoms with van der Waals surface area (Å²) < 4.78 is 6.60. The van der Waals surface area contributed by atoms with Crippen LogP contribution in [-0.4, -0.2) is 10.8 Å². The molecule has 0 aliphatic carbocycles. The molecule has 74 valence electrons. The summed E-state index contributed by atoms with van der Waals surface area (Å²) in [5, 5.41) is 0. The molecule has 1 aromatic carbocycles. The van der Waals surface area contributed by atoms with Crippen LogP contribution in [0.5, 0.6) is 0 Å². The second-order valence-electron chi connectivity index (χ2n) is 3.22. The summed E-state index contributed by atoms with van der Waals surface area (Å²) in [4.78, 5) is 12.4. The van der Waals surface area contributed by atoms with E-state index in [1.165, 1.54) is 9.46 Å². The number of aryl methyl sites for hydroxylation is 2. The maximum Gasteiger partial charge on any atom is 0.419 e. The van der Waals surface area contributed by atoms with Crippen LogP contribution in [0.4, 0.5) is 0 Å². The van der Waals surface area contributed by atoms with Gasteiger partial charge in [0, 0.05) is 11.9 Å². The second-order valence-corrected chi connectivity index (χ2v) is 4.06. The lowest BCUT2D eigenvalue weighted by Gasteiger charge is -2.01. The molecule has 0 spiro atoms. The Balaban J connectivity index is 2.87. The molecule has 0 bridgehead atoms. The second kappa shape index (κ2) is 3.20. The molecule has 1 heterocycles. The predicted molar refractivity (Wildman–Crippen MR) is 58.0 cm³/mol. The maximum atomic E-state index is 11.2. The summed E-state index contributed by atoms with van der Waals surface area (Å²) in [7, 11) is 1.72. The molecule has 0 unspecified atom stereocenters. The van der Waals surface area contributed by atoms with E-state index in [1.807, 2.05) is 25.3 Å². The predicted octanol–water partition coefficient (Wildman–Crippen LogP) is 2.16. The van der Waals surface area contributed by atoms with Gasteiger partial charge in [-0.2, -0.15) is 0 Å². The van der Waals surface area contributed by atoms with Crippen molar-refractivity contribution in [2.24, 2.45) is 7.05 Å². The van der Waals surface area contributed by atoms with Gasteiger partial charge in [0.1, 0.15) is 0 Å². The van der Waals surface area contributed by atoms with Crippen molar-refractivity contribution >= 4 is 22.9 Å². The standard InChI is InChI=1S/C10H11NO2S/c1-6-4-8-7(5-9(6)14-3)11(2)10(12)13-8/h4-5H,1-3H3. The molecule has 0 fully saturated rings. The molecule has 4 heteroatoms. The normalized spacial score (nSPS) is 11.1. The Morgan fingerprint density at radius 3 is 2.79 bits per heavy atom. The fourth-order valence-electron chi connectivity index (χ4n) is 1.48. The van der Waals surface area contributed by atoms with Gasteiger partial charge in [-0.1, -0.05) is 0 Å². The minimum absolute atomic E-state index is 0.308. The molecule has 0 saturated heterocycles. The lowest BCUT2D eigenvalue weighted by molar-refractivity contribution is 0.528. The van der Waals surface area contributed by atoms with Gasteiger partial charge in [0.05, 0.1) is 5.52 Å². The van der Waals surface area contributed by atoms with Gasteiger partial charge in [-0.05, 0) is 30.9 Å². The van der Waals surface area contributed by atoms with E-state index in [0.717, 1.165) is 11.1 Å². The maximum absolute atomic E-state index is 11.2. The van der Waals surface area contributed by atoms with E-state index in [1.54, 1.807) is 18.8 Å². The zero-order chi connectivity index (χ0) is 10.3. The third kappa shape index (κ3) is 1.26. The molecule has 0 saturated carbocycles. The third-order valence-corrected chi connectivity index (χ3v) is 3.19. The van der Waals surface area contributed by atoms with Gasteiger partial charge < -0.3 is 4.42 Å². The van der Waals surface area contributed by atoms with Gasteiger partial charge in [0.15, 0.2) is 5.58 Å². The van der Waals surface area contributed by atoms with Gasteiger partial charge in [-0.3, -0.25) is 4.57 Å². The van der Waals surface area contributed by atoms with E-state index in [2.05, 4.69) is 0 Å². The quantitative estimate of drug-likeness (QED) is 0.675. The number of hydrogen-bond acceptors (Lipinski definition) is 3. The lowest BCUT2D eigenvalue weighted by atomic mass is 10.2.